The van der Waals surface area contributed by atoms with Gasteiger partial charge in [0, 0.05) is 15.2 Å². The van der Waals surface area contributed by atoms with Gasteiger partial charge in [-0.25, -0.2) is 4.98 Å². The molecule has 0 amide bonds. The Kier molecular flexibility index (Phi) is 2.49. The Morgan fingerprint density at radius 3 is 2.33 bits per heavy atom. The summed E-state index contributed by atoms with van der Waals surface area (Å²) in [5, 5.41) is 2.53. The minimum absolute atomic E-state index is 1.07. The van der Waals surface area contributed by atoms with Gasteiger partial charge in [-0.2, -0.15) is 0 Å². The van der Waals surface area contributed by atoms with Crippen LogP contribution in [0.2, 0.25) is 0 Å². The standard InChI is InChI=1S/C9H5I2N/c10-8-5-12-9(11)7-4-2-1-3-6(7)8/h1-5H. The smallest absolute Gasteiger partial charge is 0.109 e. The maximum absolute atomic E-state index is 4.29. The number of benzene rings is 1. The number of pyridine rings is 1. The van der Waals surface area contributed by atoms with E-state index in [1.54, 1.807) is 0 Å². The van der Waals surface area contributed by atoms with Gasteiger partial charge >= 0.3 is 0 Å². The Bertz CT molecular complexity index is 385. The summed E-state index contributed by atoms with van der Waals surface area (Å²) in [5.74, 6) is 0. The van der Waals surface area contributed by atoms with E-state index in [-0.39, 0.29) is 0 Å². The third kappa shape index (κ3) is 1.44. The molecule has 0 saturated carbocycles. The summed E-state index contributed by atoms with van der Waals surface area (Å²) in [4.78, 5) is 4.29. The SMILES string of the molecule is Ic1cnc(I)c2ccccc12. The van der Waals surface area contributed by atoms with Crippen LogP contribution in [0.5, 0.6) is 0 Å². The second-order valence-electron chi connectivity index (χ2n) is 2.44. The molecule has 3 heteroatoms. The first-order valence-corrected chi connectivity index (χ1v) is 5.63. The fraction of sp³-hybridized carbons (Fsp3) is 0. The fourth-order valence-electron chi connectivity index (χ4n) is 1.12. The first kappa shape index (κ1) is 8.68. The lowest BCUT2D eigenvalue weighted by molar-refractivity contribution is 1.29. The molecule has 60 valence electrons. The molecular formula is C9H5I2N. The highest BCUT2D eigenvalue weighted by Gasteiger charge is 2.00. The molecule has 0 fully saturated rings. The molecule has 1 heterocycles. The highest BCUT2D eigenvalue weighted by Crippen LogP contribution is 2.22. The first-order valence-electron chi connectivity index (χ1n) is 3.48. The van der Waals surface area contributed by atoms with Crippen molar-refractivity contribution in [1.29, 1.82) is 0 Å². The molecule has 0 atom stereocenters. The van der Waals surface area contributed by atoms with Gasteiger partial charge in [0.05, 0.1) is 0 Å². The van der Waals surface area contributed by atoms with Crippen LogP contribution in [0, 0.1) is 7.27 Å². The lowest BCUT2D eigenvalue weighted by atomic mass is 10.2. The summed E-state index contributed by atoms with van der Waals surface area (Å²) in [6, 6.07) is 8.33. The molecule has 0 aliphatic heterocycles. The van der Waals surface area contributed by atoms with Crippen LogP contribution in [0.15, 0.2) is 30.5 Å². The minimum Gasteiger partial charge on any atom is -0.249 e. The molecule has 0 bridgehead atoms. The first-order chi connectivity index (χ1) is 5.79. The van der Waals surface area contributed by atoms with Crippen molar-refractivity contribution in [2.24, 2.45) is 0 Å². The van der Waals surface area contributed by atoms with Crippen molar-refractivity contribution in [1.82, 2.24) is 4.98 Å². The van der Waals surface area contributed by atoms with Crippen LogP contribution in [-0.2, 0) is 0 Å². The summed E-state index contributed by atoms with van der Waals surface area (Å²) < 4.78 is 2.28. The fourth-order valence-corrected chi connectivity index (χ4v) is 2.34. The van der Waals surface area contributed by atoms with Gasteiger partial charge in [-0.15, -0.1) is 0 Å². The zero-order valence-electron chi connectivity index (χ0n) is 6.09. The summed E-state index contributed by atoms with van der Waals surface area (Å²) in [6.45, 7) is 0. The average Bonchev–Trinajstić information content (AvgIpc) is 2.12. The van der Waals surface area contributed by atoms with Gasteiger partial charge in [0.15, 0.2) is 0 Å². The third-order valence-corrected chi connectivity index (χ3v) is 3.42. The van der Waals surface area contributed by atoms with E-state index in [9.17, 15) is 0 Å². The van der Waals surface area contributed by atoms with Gasteiger partial charge in [0.25, 0.3) is 0 Å². The summed E-state index contributed by atoms with van der Waals surface area (Å²) >= 11 is 4.57. The maximum Gasteiger partial charge on any atom is 0.109 e. The van der Waals surface area contributed by atoms with Crippen molar-refractivity contribution in [2.45, 2.75) is 0 Å². The minimum atomic E-state index is 1.07. The van der Waals surface area contributed by atoms with E-state index in [1.165, 1.54) is 14.3 Å². The lowest BCUT2D eigenvalue weighted by Crippen LogP contribution is -1.85. The number of aromatic nitrogens is 1. The predicted octanol–water partition coefficient (Wildman–Crippen LogP) is 3.44. The quantitative estimate of drug-likeness (QED) is 0.504. The van der Waals surface area contributed by atoms with Gasteiger partial charge in [-0.05, 0) is 50.6 Å². The molecule has 0 unspecified atom stereocenters. The zero-order chi connectivity index (χ0) is 8.55. The largest absolute Gasteiger partial charge is 0.249 e. The van der Waals surface area contributed by atoms with Crippen LogP contribution in [0.1, 0.15) is 0 Å². The van der Waals surface area contributed by atoms with Crippen molar-refractivity contribution in [3.05, 3.63) is 37.7 Å². The topological polar surface area (TPSA) is 12.9 Å². The lowest BCUT2D eigenvalue weighted by Gasteiger charge is -2.00. The Balaban J connectivity index is 2.95. The van der Waals surface area contributed by atoms with Crippen molar-refractivity contribution in [3.8, 4) is 0 Å². The van der Waals surface area contributed by atoms with E-state index in [1.807, 2.05) is 12.3 Å². The predicted molar refractivity (Wildman–Crippen MR) is 67.2 cm³/mol. The van der Waals surface area contributed by atoms with E-state index >= 15 is 0 Å². The number of nitrogens with zero attached hydrogens (tertiary/aromatic N) is 1. The summed E-state index contributed by atoms with van der Waals surface area (Å²) in [5.41, 5.74) is 0. The van der Waals surface area contributed by atoms with E-state index in [4.69, 9.17) is 0 Å². The van der Waals surface area contributed by atoms with Gasteiger partial charge in [-0.1, -0.05) is 24.3 Å². The number of rotatable bonds is 0. The second-order valence-corrected chi connectivity index (χ2v) is 4.63. The van der Waals surface area contributed by atoms with Crippen molar-refractivity contribution >= 4 is 56.0 Å². The van der Waals surface area contributed by atoms with Crippen LogP contribution in [-0.4, -0.2) is 4.98 Å². The number of hydrogen-bond acceptors (Lipinski definition) is 1. The molecule has 0 saturated heterocycles. The number of halogens is 2. The molecule has 0 spiro atoms. The normalized spacial score (nSPS) is 10.5. The molecule has 0 radical (unpaired) electrons. The second kappa shape index (κ2) is 3.45. The van der Waals surface area contributed by atoms with Gasteiger partial charge < -0.3 is 0 Å². The Morgan fingerprint density at radius 1 is 1.00 bits per heavy atom. The average molecular weight is 381 g/mol. The van der Waals surface area contributed by atoms with Crippen LogP contribution in [0.25, 0.3) is 10.8 Å². The number of fused-ring (bicyclic) bond motifs is 1. The van der Waals surface area contributed by atoms with Gasteiger partial charge in [0.2, 0.25) is 0 Å². The molecule has 12 heavy (non-hydrogen) atoms. The molecule has 1 nitrogen and oxygen atoms in total. The van der Waals surface area contributed by atoms with Crippen molar-refractivity contribution < 1.29 is 0 Å². The number of hydrogen-bond donors (Lipinski definition) is 0. The van der Waals surface area contributed by atoms with Crippen LogP contribution in [0.3, 0.4) is 0 Å². The summed E-state index contributed by atoms with van der Waals surface area (Å²) in [7, 11) is 0. The van der Waals surface area contributed by atoms with E-state index in [2.05, 4.69) is 68.4 Å². The van der Waals surface area contributed by atoms with Crippen LogP contribution >= 0.6 is 45.2 Å². The molecule has 2 rings (SSSR count). The van der Waals surface area contributed by atoms with Gasteiger partial charge in [0.1, 0.15) is 3.70 Å². The molecule has 0 N–H and O–H groups in total. The molecular weight excluding hydrogens is 376 g/mol. The zero-order valence-corrected chi connectivity index (χ0v) is 10.4. The molecule has 2 aromatic rings. The maximum atomic E-state index is 4.29. The molecule has 0 aliphatic rings. The van der Waals surface area contributed by atoms with Crippen LogP contribution < -0.4 is 0 Å². The Morgan fingerprint density at radius 2 is 1.67 bits per heavy atom. The Labute approximate surface area is 97.9 Å². The summed E-state index contributed by atoms with van der Waals surface area (Å²) in [6.07, 6.45) is 1.91. The van der Waals surface area contributed by atoms with Crippen LogP contribution in [0.4, 0.5) is 0 Å². The van der Waals surface area contributed by atoms with Crippen molar-refractivity contribution in [3.63, 3.8) is 0 Å². The van der Waals surface area contributed by atoms with Gasteiger partial charge in [-0.3, -0.25) is 0 Å². The highest BCUT2D eigenvalue weighted by molar-refractivity contribution is 14.1. The van der Waals surface area contributed by atoms with E-state index < -0.39 is 0 Å². The van der Waals surface area contributed by atoms with Crippen molar-refractivity contribution in [2.75, 3.05) is 0 Å². The highest BCUT2D eigenvalue weighted by atomic mass is 127. The van der Waals surface area contributed by atoms with E-state index in [0.717, 1.165) is 3.70 Å². The third-order valence-electron chi connectivity index (χ3n) is 1.70. The molecule has 1 aromatic carbocycles. The van der Waals surface area contributed by atoms with E-state index in [0.29, 0.717) is 0 Å². The Hall–Kier alpha value is 0.0900. The monoisotopic (exact) mass is 381 g/mol. The molecule has 0 aliphatic carbocycles. The molecule has 1 aromatic heterocycles.